The summed E-state index contributed by atoms with van der Waals surface area (Å²) in [6, 6.07) is 1.41. The minimum atomic E-state index is -1.15. The highest BCUT2D eigenvalue weighted by Gasteiger charge is 2.16. The van der Waals surface area contributed by atoms with E-state index < -0.39 is 5.97 Å². The molecule has 98 valence electrons. The Kier molecular flexibility index (Phi) is 5.64. The van der Waals surface area contributed by atoms with Gasteiger partial charge in [0.1, 0.15) is 0 Å². The van der Waals surface area contributed by atoms with Gasteiger partial charge in [-0.3, -0.25) is 9.78 Å². The second-order valence-electron chi connectivity index (χ2n) is 4.00. The van der Waals surface area contributed by atoms with Crippen LogP contribution in [-0.2, 0) is 0 Å². The first-order chi connectivity index (χ1) is 8.56. The highest BCUT2D eigenvalue weighted by Crippen LogP contribution is 2.08. The van der Waals surface area contributed by atoms with Gasteiger partial charge in [0, 0.05) is 18.9 Å². The molecule has 0 radical (unpaired) electrons. The molecule has 2 N–H and O–H groups in total. The second kappa shape index (κ2) is 7.00. The summed E-state index contributed by atoms with van der Waals surface area (Å²) in [5.41, 5.74) is 0.0707. The molecule has 0 aliphatic carbocycles. The molecule has 5 nitrogen and oxygen atoms in total. The van der Waals surface area contributed by atoms with Crippen LogP contribution in [0.1, 0.15) is 27.6 Å². The number of hydrogen-bond acceptors (Lipinski definition) is 4. The molecule has 0 saturated heterocycles. The molecule has 0 saturated carbocycles. The number of carboxylic acid groups (broad SMARTS) is 1. The summed E-state index contributed by atoms with van der Waals surface area (Å²) in [5, 5.41) is 11.7. The molecular formula is C12H16N2O3S. The van der Waals surface area contributed by atoms with Gasteiger partial charge in [-0.1, -0.05) is 6.92 Å². The standard InChI is InChI=1S/C12H16N2O3S/c1-8(7-18-2)5-14-11(15)9-3-4-13-6-10(9)12(16)17/h3-4,6,8H,5,7H2,1-2H3,(H,14,15)(H,16,17). The summed E-state index contributed by atoms with van der Waals surface area (Å²) in [6.45, 7) is 2.56. The molecule has 0 spiro atoms. The van der Waals surface area contributed by atoms with Crippen LogP contribution in [0.2, 0.25) is 0 Å². The molecule has 1 aromatic rings. The second-order valence-corrected chi connectivity index (χ2v) is 4.91. The van der Waals surface area contributed by atoms with E-state index >= 15 is 0 Å². The van der Waals surface area contributed by atoms with Crippen LogP contribution in [0.5, 0.6) is 0 Å². The minimum Gasteiger partial charge on any atom is -0.478 e. The van der Waals surface area contributed by atoms with Gasteiger partial charge in [0.25, 0.3) is 5.91 Å². The van der Waals surface area contributed by atoms with E-state index in [1.807, 2.05) is 13.2 Å². The molecule has 0 aliphatic heterocycles. The van der Waals surface area contributed by atoms with Crippen molar-refractivity contribution in [1.82, 2.24) is 10.3 Å². The number of nitrogens with zero attached hydrogens (tertiary/aromatic N) is 1. The zero-order valence-corrected chi connectivity index (χ0v) is 11.2. The molecule has 1 amide bonds. The fourth-order valence-electron chi connectivity index (χ4n) is 1.47. The highest BCUT2D eigenvalue weighted by atomic mass is 32.2. The van der Waals surface area contributed by atoms with Crippen molar-refractivity contribution in [2.24, 2.45) is 5.92 Å². The minimum absolute atomic E-state index is 0.0764. The van der Waals surface area contributed by atoms with Crippen LogP contribution in [0.3, 0.4) is 0 Å². The van der Waals surface area contributed by atoms with Gasteiger partial charge in [-0.25, -0.2) is 4.79 Å². The maximum Gasteiger partial charge on any atom is 0.338 e. The highest BCUT2D eigenvalue weighted by molar-refractivity contribution is 7.98. The Morgan fingerprint density at radius 1 is 1.50 bits per heavy atom. The van der Waals surface area contributed by atoms with E-state index in [9.17, 15) is 9.59 Å². The third-order valence-corrected chi connectivity index (χ3v) is 3.26. The van der Waals surface area contributed by atoms with Crippen LogP contribution in [0.25, 0.3) is 0 Å². The molecule has 1 aromatic heterocycles. The molecular weight excluding hydrogens is 252 g/mol. The van der Waals surface area contributed by atoms with Crippen molar-refractivity contribution in [3.05, 3.63) is 29.6 Å². The summed E-state index contributed by atoms with van der Waals surface area (Å²) >= 11 is 1.71. The molecule has 18 heavy (non-hydrogen) atoms. The number of rotatable bonds is 6. The van der Waals surface area contributed by atoms with E-state index in [-0.39, 0.29) is 17.0 Å². The summed E-state index contributed by atoms with van der Waals surface area (Å²) in [6.07, 6.45) is 4.60. The number of carboxylic acids is 1. The van der Waals surface area contributed by atoms with Gasteiger partial charge in [-0.05, 0) is 24.0 Å². The first kappa shape index (κ1) is 14.5. The van der Waals surface area contributed by atoms with Crippen LogP contribution >= 0.6 is 11.8 Å². The zero-order valence-electron chi connectivity index (χ0n) is 10.3. The van der Waals surface area contributed by atoms with Crippen molar-refractivity contribution in [2.75, 3.05) is 18.6 Å². The molecule has 0 fully saturated rings. The molecule has 6 heteroatoms. The first-order valence-corrected chi connectivity index (χ1v) is 6.90. The van der Waals surface area contributed by atoms with Crippen LogP contribution in [0.15, 0.2) is 18.5 Å². The summed E-state index contributed by atoms with van der Waals surface area (Å²) in [7, 11) is 0. The fraction of sp³-hybridized carbons (Fsp3) is 0.417. The van der Waals surface area contributed by atoms with Crippen molar-refractivity contribution in [3.8, 4) is 0 Å². The number of nitrogens with one attached hydrogen (secondary N) is 1. The smallest absolute Gasteiger partial charge is 0.338 e. The number of carbonyl (C=O) groups is 2. The van der Waals surface area contributed by atoms with Gasteiger partial charge < -0.3 is 10.4 Å². The monoisotopic (exact) mass is 268 g/mol. The zero-order chi connectivity index (χ0) is 13.5. The van der Waals surface area contributed by atoms with Gasteiger partial charge >= 0.3 is 5.97 Å². The maximum atomic E-state index is 11.9. The predicted molar refractivity (Wildman–Crippen MR) is 71.1 cm³/mol. The third kappa shape index (κ3) is 4.03. The van der Waals surface area contributed by atoms with Crippen molar-refractivity contribution in [3.63, 3.8) is 0 Å². The van der Waals surface area contributed by atoms with Crippen molar-refractivity contribution >= 4 is 23.6 Å². The van der Waals surface area contributed by atoms with E-state index in [4.69, 9.17) is 5.11 Å². The summed E-state index contributed by atoms with van der Waals surface area (Å²) in [5.74, 6) is -0.227. The van der Waals surface area contributed by atoms with E-state index in [1.54, 1.807) is 11.8 Å². The number of pyridine rings is 1. The van der Waals surface area contributed by atoms with Gasteiger partial charge in [-0.15, -0.1) is 0 Å². The van der Waals surface area contributed by atoms with E-state index in [0.29, 0.717) is 12.5 Å². The van der Waals surface area contributed by atoms with Crippen molar-refractivity contribution in [2.45, 2.75) is 6.92 Å². The number of aromatic nitrogens is 1. The molecule has 1 heterocycles. The molecule has 0 aliphatic rings. The predicted octanol–water partition coefficient (Wildman–Crippen LogP) is 1.51. The number of aromatic carboxylic acids is 1. The Bertz CT molecular complexity index is 437. The quantitative estimate of drug-likeness (QED) is 0.817. The van der Waals surface area contributed by atoms with E-state index in [2.05, 4.69) is 10.3 Å². The summed E-state index contributed by atoms with van der Waals surface area (Å²) < 4.78 is 0. The van der Waals surface area contributed by atoms with Gasteiger partial charge in [0.15, 0.2) is 0 Å². The maximum absolute atomic E-state index is 11.9. The van der Waals surface area contributed by atoms with Crippen LogP contribution < -0.4 is 5.32 Å². The van der Waals surface area contributed by atoms with Gasteiger partial charge in [-0.2, -0.15) is 11.8 Å². The SMILES string of the molecule is CSCC(C)CNC(=O)c1ccncc1C(=O)O. The molecule has 0 aromatic carbocycles. The fourth-order valence-corrected chi connectivity index (χ4v) is 2.16. The van der Waals surface area contributed by atoms with Crippen molar-refractivity contribution < 1.29 is 14.7 Å². The average molecular weight is 268 g/mol. The van der Waals surface area contributed by atoms with E-state index in [0.717, 1.165) is 5.75 Å². The Labute approximate surface area is 110 Å². The Hall–Kier alpha value is -1.56. The van der Waals surface area contributed by atoms with Crippen LogP contribution in [0, 0.1) is 5.92 Å². The average Bonchev–Trinajstić information content (AvgIpc) is 2.36. The number of thioether (sulfide) groups is 1. The van der Waals surface area contributed by atoms with Crippen molar-refractivity contribution in [1.29, 1.82) is 0 Å². The lowest BCUT2D eigenvalue weighted by molar-refractivity contribution is 0.0690. The van der Waals surface area contributed by atoms with Crippen LogP contribution in [0.4, 0.5) is 0 Å². The molecule has 1 rings (SSSR count). The Morgan fingerprint density at radius 2 is 2.22 bits per heavy atom. The normalized spacial score (nSPS) is 11.9. The number of hydrogen-bond donors (Lipinski definition) is 2. The lowest BCUT2D eigenvalue weighted by Gasteiger charge is -2.12. The largest absolute Gasteiger partial charge is 0.478 e. The lowest BCUT2D eigenvalue weighted by Crippen LogP contribution is -2.30. The molecule has 1 atom stereocenters. The Balaban J connectivity index is 2.70. The van der Waals surface area contributed by atoms with Gasteiger partial charge in [0.05, 0.1) is 11.1 Å². The third-order valence-electron chi connectivity index (χ3n) is 2.36. The number of carbonyl (C=O) groups excluding carboxylic acids is 1. The molecule has 1 unspecified atom stereocenters. The summed E-state index contributed by atoms with van der Waals surface area (Å²) in [4.78, 5) is 26.5. The molecule has 0 bridgehead atoms. The number of amides is 1. The van der Waals surface area contributed by atoms with Gasteiger partial charge in [0.2, 0.25) is 0 Å². The topological polar surface area (TPSA) is 79.3 Å². The lowest BCUT2D eigenvalue weighted by atomic mass is 10.1. The van der Waals surface area contributed by atoms with Crippen LogP contribution in [-0.4, -0.2) is 40.5 Å². The Morgan fingerprint density at radius 3 is 2.83 bits per heavy atom. The van der Waals surface area contributed by atoms with E-state index in [1.165, 1.54) is 18.5 Å². The first-order valence-electron chi connectivity index (χ1n) is 5.50.